The Morgan fingerprint density at radius 3 is 2.70 bits per heavy atom. The van der Waals surface area contributed by atoms with Gasteiger partial charge in [0.15, 0.2) is 9.84 Å². The van der Waals surface area contributed by atoms with Crippen molar-refractivity contribution in [3.63, 3.8) is 0 Å². The van der Waals surface area contributed by atoms with Crippen LogP contribution in [-0.4, -0.2) is 53.9 Å². The first-order valence-electron chi connectivity index (χ1n) is 9.32. The molecule has 2 aliphatic carbocycles. The molecule has 0 unspecified atom stereocenters. The molecule has 2 heterocycles. The second-order valence-electron chi connectivity index (χ2n) is 8.07. The molecule has 27 heavy (non-hydrogen) atoms. The zero-order valence-electron chi connectivity index (χ0n) is 15.2. The molecular weight excluding hydrogens is 374 g/mol. The monoisotopic (exact) mass is 398 g/mol. The molecule has 0 saturated heterocycles. The third kappa shape index (κ3) is 3.93. The maximum absolute atomic E-state index is 12.9. The van der Waals surface area contributed by atoms with Crippen molar-refractivity contribution in [1.29, 1.82) is 0 Å². The first-order chi connectivity index (χ1) is 12.7. The van der Waals surface area contributed by atoms with Gasteiger partial charge in [-0.1, -0.05) is 0 Å². The molecular formula is C18H24F2N4O2S. The Hall–Kier alpha value is -1.77. The number of halogens is 2. The van der Waals surface area contributed by atoms with Gasteiger partial charge in [-0.05, 0) is 37.2 Å². The van der Waals surface area contributed by atoms with Gasteiger partial charge >= 0.3 is 0 Å². The van der Waals surface area contributed by atoms with Crippen molar-refractivity contribution in [2.24, 2.45) is 11.8 Å². The van der Waals surface area contributed by atoms with Gasteiger partial charge in [-0.3, -0.25) is 0 Å². The van der Waals surface area contributed by atoms with Crippen LogP contribution in [0.15, 0.2) is 18.6 Å². The normalized spacial score (nSPS) is 25.1. The predicted molar refractivity (Wildman–Crippen MR) is 99.7 cm³/mol. The van der Waals surface area contributed by atoms with E-state index in [1.54, 1.807) is 0 Å². The number of H-pyrrole nitrogens is 1. The second kappa shape index (κ2) is 6.68. The molecule has 0 aromatic carbocycles. The summed E-state index contributed by atoms with van der Waals surface area (Å²) in [6, 6.07) is 2.19. The predicted octanol–water partition coefficient (Wildman–Crippen LogP) is 3.02. The third-order valence-corrected chi connectivity index (χ3v) is 7.76. The van der Waals surface area contributed by atoms with Crippen LogP contribution in [0.2, 0.25) is 0 Å². The largest absolute Gasteiger partial charge is 0.356 e. The van der Waals surface area contributed by atoms with Crippen LogP contribution in [0, 0.1) is 11.8 Å². The van der Waals surface area contributed by atoms with Gasteiger partial charge in [-0.2, -0.15) is 0 Å². The van der Waals surface area contributed by atoms with E-state index >= 15 is 0 Å². The van der Waals surface area contributed by atoms with Crippen molar-refractivity contribution in [3.8, 4) is 0 Å². The number of nitrogens with zero attached hydrogens (tertiary/aromatic N) is 3. The summed E-state index contributed by atoms with van der Waals surface area (Å²) in [6.45, 7) is 0. The summed E-state index contributed by atoms with van der Waals surface area (Å²) in [4.78, 5) is 13.7. The Labute approximate surface area is 157 Å². The fourth-order valence-electron chi connectivity index (χ4n) is 4.24. The third-order valence-electron chi connectivity index (χ3n) is 5.93. The fraction of sp³-hybridized carbons (Fsp3) is 0.667. The number of nitrogens with one attached hydrogen (secondary N) is 1. The van der Waals surface area contributed by atoms with Crippen LogP contribution in [0.4, 0.5) is 14.6 Å². The van der Waals surface area contributed by atoms with Gasteiger partial charge in [0.2, 0.25) is 5.92 Å². The standard InChI is InChI=1S/C18H24F2N4O2S/c1-24(17-15-2-4-21-16(15)22-11-23-17)14-6-13(7-14)10-27(25,26)5-3-12-8-18(19,20)9-12/h2,4,11-14H,3,5-10H2,1H3,(H,21,22,23). The first-order valence-corrected chi connectivity index (χ1v) is 11.1. The molecule has 6 nitrogen and oxygen atoms in total. The molecule has 0 aliphatic heterocycles. The van der Waals surface area contributed by atoms with E-state index in [9.17, 15) is 17.2 Å². The topological polar surface area (TPSA) is 79.0 Å². The van der Waals surface area contributed by atoms with Crippen molar-refractivity contribution in [1.82, 2.24) is 15.0 Å². The average molecular weight is 398 g/mol. The molecule has 0 radical (unpaired) electrons. The molecule has 0 atom stereocenters. The number of hydrogen-bond donors (Lipinski definition) is 1. The van der Waals surface area contributed by atoms with E-state index in [4.69, 9.17) is 0 Å². The summed E-state index contributed by atoms with van der Waals surface area (Å²) >= 11 is 0. The molecule has 2 aliphatic rings. The summed E-state index contributed by atoms with van der Waals surface area (Å²) in [5.74, 6) is -1.56. The molecule has 2 saturated carbocycles. The van der Waals surface area contributed by atoms with Gasteiger partial charge < -0.3 is 9.88 Å². The first kappa shape index (κ1) is 18.6. The summed E-state index contributed by atoms with van der Waals surface area (Å²) in [5.41, 5.74) is 0.784. The van der Waals surface area contributed by atoms with Gasteiger partial charge in [0.05, 0.1) is 16.9 Å². The molecule has 2 fully saturated rings. The Bertz CT molecular complexity index is 916. The highest BCUT2D eigenvalue weighted by Gasteiger charge is 2.45. The lowest BCUT2D eigenvalue weighted by Crippen LogP contribution is -2.45. The zero-order chi connectivity index (χ0) is 19.2. The van der Waals surface area contributed by atoms with Gasteiger partial charge in [-0.25, -0.2) is 27.2 Å². The van der Waals surface area contributed by atoms with E-state index in [0.717, 1.165) is 29.7 Å². The number of hydrogen-bond acceptors (Lipinski definition) is 5. The minimum absolute atomic E-state index is 0.0284. The Kier molecular flexibility index (Phi) is 4.60. The van der Waals surface area contributed by atoms with E-state index < -0.39 is 15.8 Å². The lowest BCUT2D eigenvalue weighted by Gasteiger charge is -2.42. The van der Waals surface area contributed by atoms with E-state index in [-0.39, 0.29) is 42.2 Å². The lowest BCUT2D eigenvalue weighted by molar-refractivity contribution is -0.110. The van der Waals surface area contributed by atoms with Crippen LogP contribution in [0.3, 0.4) is 0 Å². The summed E-state index contributed by atoms with van der Waals surface area (Å²) in [7, 11) is -1.21. The van der Waals surface area contributed by atoms with Crippen LogP contribution >= 0.6 is 0 Å². The van der Waals surface area contributed by atoms with Gasteiger partial charge in [0, 0.05) is 32.1 Å². The smallest absolute Gasteiger partial charge is 0.248 e. The van der Waals surface area contributed by atoms with Crippen molar-refractivity contribution in [3.05, 3.63) is 18.6 Å². The van der Waals surface area contributed by atoms with Crippen LogP contribution < -0.4 is 4.90 Å². The summed E-state index contributed by atoms with van der Waals surface area (Å²) in [6.07, 6.45) is 4.98. The Morgan fingerprint density at radius 1 is 1.26 bits per heavy atom. The van der Waals surface area contributed by atoms with Crippen LogP contribution in [0.5, 0.6) is 0 Å². The zero-order valence-corrected chi connectivity index (χ0v) is 16.1. The SMILES string of the molecule is CN(c1ncnc2[nH]ccc12)C1CC(CS(=O)(=O)CCC2CC(F)(F)C2)C1. The molecule has 2 aromatic heterocycles. The number of aromatic amines is 1. The Balaban J connectivity index is 1.27. The van der Waals surface area contributed by atoms with Crippen molar-refractivity contribution in [2.45, 2.75) is 44.1 Å². The van der Waals surface area contributed by atoms with Gasteiger partial charge in [0.25, 0.3) is 0 Å². The minimum atomic E-state index is -3.18. The number of anilines is 1. The van der Waals surface area contributed by atoms with Crippen LogP contribution in [0.1, 0.15) is 32.1 Å². The van der Waals surface area contributed by atoms with Crippen molar-refractivity contribution < 1.29 is 17.2 Å². The Morgan fingerprint density at radius 2 is 2.00 bits per heavy atom. The molecule has 9 heteroatoms. The average Bonchev–Trinajstić information content (AvgIpc) is 3.02. The number of aromatic nitrogens is 3. The number of alkyl halides is 2. The van der Waals surface area contributed by atoms with Crippen LogP contribution in [-0.2, 0) is 9.84 Å². The highest BCUT2D eigenvalue weighted by atomic mass is 32.2. The summed E-state index contributed by atoms with van der Waals surface area (Å²) in [5, 5.41) is 0.952. The molecule has 1 N–H and O–H groups in total. The van der Waals surface area contributed by atoms with E-state index in [0.29, 0.717) is 6.42 Å². The molecule has 2 aromatic rings. The number of sulfone groups is 1. The van der Waals surface area contributed by atoms with E-state index in [2.05, 4.69) is 19.9 Å². The lowest BCUT2D eigenvalue weighted by atomic mass is 9.80. The van der Waals surface area contributed by atoms with Gasteiger partial charge in [0.1, 0.15) is 17.8 Å². The van der Waals surface area contributed by atoms with Crippen molar-refractivity contribution >= 4 is 26.7 Å². The fourth-order valence-corrected chi connectivity index (χ4v) is 6.09. The molecule has 4 rings (SSSR count). The van der Waals surface area contributed by atoms with E-state index in [1.807, 2.05) is 19.3 Å². The maximum atomic E-state index is 12.9. The minimum Gasteiger partial charge on any atom is -0.356 e. The molecule has 0 bridgehead atoms. The van der Waals surface area contributed by atoms with Crippen LogP contribution in [0.25, 0.3) is 11.0 Å². The molecule has 0 spiro atoms. The number of fused-ring (bicyclic) bond motifs is 1. The van der Waals surface area contributed by atoms with Crippen molar-refractivity contribution in [2.75, 3.05) is 23.5 Å². The quantitative estimate of drug-likeness (QED) is 0.776. The highest BCUT2D eigenvalue weighted by molar-refractivity contribution is 7.91. The maximum Gasteiger partial charge on any atom is 0.248 e. The highest BCUT2D eigenvalue weighted by Crippen LogP contribution is 2.44. The molecule has 0 amide bonds. The second-order valence-corrected chi connectivity index (χ2v) is 10.3. The summed E-state index contributed by atoms with van der Waals surface area (Å²) < 4.78 is 50.3. The molecule has 148 valence electrons. The van der Waals surface area contributed by atoms with Gasteiger partial charge in [-0.15, -0.1) is 0 Å². The van der Waals surface area contributed by atoms with E-state index in [1.165, 1.54) is 6.33 Å². The number of rotatable bonds is 7.